The maximum Gasteiger partial charge on any atom is 0.313 e. The van der Waals surface area contributed by atoms with E-state index in [1.54, 1.807) is 0 Å². The van der Waals surface area contributed by atoms with Crippen molar-refractivity contribution < 1.29 is 18.4 Å². The summed E-state index contributed by atoms with van der Waals surface area (Å²) >= 11 is 0. The van der Waals surface area contributed by atoms with Crippen LogP contribution in [-0.2, 0) is 23.2 Å². The lowest BCUT2D eigenvalue weighted by atomic mass is 10.1. The lowest BCUT2D eigenvalue weighted by Gasteiger charge is -2.06. The van der Waals surface area contributed by atoms with E-state index in [-0.39, 0.29) is 12.2 Å². The van der Waals surface area contributed by atoms with Crippen molar-refractivity contribution >= 4 is 17.5 Å². The molecule has 0 atom stereocenters. The Labute approximate surface area is 154 Å². The van der Waals surface area contributed by atoms with Crippen molar-refractivity contribution in [3.8, 4) is 11.8 Å². The Bertz CT molecular complexity index is 906. The average molecular weight is 372 g/mol. The Morgan fingerprint density at radius 1 is 1.26 bits per heavy atom. The zero-order valence-corrected chi connectivity index (χ0v) is 14.6. The van der Waals surface area contributed by atoms with Crippen molar-refractivity contribution in [3.63, 3.8) is 0 Å². The molecular formula is C19H18F2N4O2. The number of carbonyl (C=O) groups excluding carboxylic acids is 2. The molecule has 140 valence electrons. The first-order chi connectivity index (χ1) is 12.9. The first-order valence-corrected chi connectivity index (χ1v) is 8.43. The fraction of sp³-hybridized carbons (Fsp3) is 0.316. The van der Waals surface area contributed by atoms with Crippen molar-refractivity contribution in [2.24, 2.45) is 13.0 Å². The number of nitrogens with one attached hydrogen (secondary N) is 2. The zero-order valence-electron chi connectivity index (χ0n) is 14.6. The third kappa shape index (κ3) is 5.14. The number of halogens is 2. The highest BCUT2D eigenvalue weighted by Gasteiger charge is 2.22. The Kier molecular flexibility index (Phi) is 5.50. The van der Waals surface area contributed by atoms with Crippen LogP contribution in [0.1, 0.15) is 36.1 Å². The van der Waals surface area contributed by atoms with Crippen LogP contribution in [0.25, 0.3) is 0 Å². The van der Waals surface area contributed by atoms with Crippen molar-refractivity contribution in [1.29, 1.82) is 0 Å². The summed E-state index contributed by atoms with van der Waals surface area (Å²) in [4.78, 5) is 23.8. The summed E-state index contributed by atoms with van der Waals surface area (Å²) in [6, 6.07) is 7.32. The second-order valence-corrected chi connectivity index (χ2v) is 6.28. The predicted molar refractivity (Wildman–Crippen MR) is 94.7 cm³/mol. The van der Waals surface area contributed by atoms with Gasteiger partial charge in [-0.05, 0) is 30.5 Å². The molecule has 1 aliphatic rings. The molecule has 0 saturated heterocycles. The number of anilines is 1. The van der Waals surface area contributed by atoms with Crippen LogP contribution in [0.5, 0.6) is 0 Å². The van der Waals surface area contributed by atoms with Crippen LogP contribution in [-0.4, -0.2) is 21.6 Å². The molecule has 1 fully saturated rings. The Hall–Kier alpha value is -3.21. The van der Waals surface area contributed by atoms with E-state index in [1.165, 1.54) is 13.2 Å². The molecule has 0 unspecified atom stereocenters. The van der Waals surface area contributed by atoms with E-state index >= 15 is 0 Å². The van der Waals surface area contributed by atoms with E-state index in [1.807, 2.05) is 24.3 Å². The molecule has 27 heavy (non-hydrogen) atoms. The third-order valence-corrected chi connectivity index (χ3v) is 3.92. The summed E-state index contributed by atoms with van der Waals surface area (Å²) in [5, 5.41) is 8.17. The van der Waals surface area contributed by atoms with E-state index in [0.29, 0.717) is 5.92 Å². The highest BCUT2D eigenvalue weighted by atomic mass is 19.3. The monoisotopic (exact) mass is 372 g/mol. The molecule has 2 amide bonds. The predicted octanol–water partition coefficient (Wildman–Crippen LogP) is 2.37. The quantitative estimate of drug-likeness (QED) is 0.639. The maximum absolute atomic E-state index is 12.9. The van der Waals surface area contributed by atoms with Gasteiger partial charge in [0, 0.05) is 31.3 Å². The molecule has 1 aromatic heterocycles. The molecule has 1 aromatic carbocycles. The summed E-state index contributed by atoms with van der Waals surface area (Å²) in [5.74, 6) is 4.82. The van der Waals surface area contributed by atoms with E-state index in [2.05, 4.69) is 27.6 Å². The van der Waals surface area contributed by atoms with Gasteiger partial charge in [-0.25, -0.2) is 8.78 Å². The molecule has 1 heterocycles. The molecular weight excluding hydrogens is 354 g/mol. The standard InChI is InChI=1S/C19H18F2N4O2/c1-25-11-15(16(24-25)17(20)21)23-19(27)18(26)22-10-14-8-6-13(7-9-14)5-4-12-2-3-12/h6-9,11-12,17H,2-3,10H2,1H3,(H,22,26)(H,23,27). The SMILES string of the molecule is Cn1cc(NC(=O)C(=O)NCc2ccc(C#CC3CC3)cc2)c(C(F)F)n1. The summed E-state index contributed by atoms with van der Waals surface area (Å²) in [7, 11) is 1.44. The highest BCUT2D eigenvalue weighted by Crippen LogP contribution is 2.27. The summed E-state index contributed by atoms with van der Waals surface area (Å²) in [6.07, 6.45) is 0.688. The van der Waals surface area contributed by atoms with Gasteiger partial charge in [0.25, 0.3) is 6.43 Å². The smallest absolute Gasteiger partial charge is 0.313 e. The summed E-state index contributed by atoms with van der Waals surface area (Å²) in [5.41, 5.74) is 0.918. The number of carbonyl (C=O) groups is 2. The van der Waals surface area contributed by atoms with Gasteiger partial charge < -0.3 is 10.6 Å². The van der Waals surface area contributed by atoms with Crippen LogP contribution >= 0.6 is 0 Å². The first-order valence-electron chi connectivity index (χ1n) is 8.43. The Morgan fingerprint density at radius 3 is 2.59 bits per heavy atom. The molecule has 0 aliphatic heterocycles. The first kappa shape index (κ1) is 18.6. The minimum Gasteiger partial charge on any atom is -0.344 e. The lowest BCUT2D eigenvalue weighted by molar-refractivity contribution is -0.136. The average Bonchev–Trinajstić information content (AvgIpc) is 3.40. The van der Waals surface area contributed by atoms with Crippen LogP contribution in [0.3, 0.4) is 0 Å². The zero-order chi connectivity index (χ0) is 19.4. The number of amides is 2. The largest absolute Gasteiger partial charge is 0.344 e. The van der Waals surface area contributed by atoms with Gasteiger partial charge in [-0.1, -0.05) is 24.0 Å². The van der Waals surface area contributed by atoms with Crippen LogP contribution in [0.15, 0.2) is 30.5 Å². The molecule has 8 heteroatoms. The minimum atomic E-state index is -2.86. The molecule has 6 nitrogen and oxygen atoms in total. The van der Waals surface area contributed by atoms with Gasteiger partial charge >= 0.3 is 11.8 Å². The number of hydrogen-bond acceptors (Lipinski definition) is 3. The molecule has 0 bridgehead atoms. The second kappa shape index (κ2) is 7.99. The van der Waals surface area contributed by atoms with Gasteiger partial charge in [0.2, 0.25) is 0 Å². The molecule has 0 spiro atoms. The number of aryl methyl sites for hydroxylation is 1. The van der Waals surface area contributed by atoms with Gasteiger partial charge in [-0.3, -0.25) is 14.3 Å². The number of rotatable bonds is 4. The van der Waals surface area contributed by atoms with Crippen molar-refractivity contribution in [1.82, 2.24) is 15.1 Å². The molecule has 2 aromatic rings. The third-order valence-electron chi connectivity index (χ3n) is 3.92. The van der Waals surface area contributed by atoms with E-state index in [4.69, 9.17) is 0 Å². The second-order valence-electron chi connectivity index (χ2n) is 6.28. The number of alkyl halides is 2. The number of hydrogen-bond donors (Lipinski definition) is 2. The van der Waals surface area contributed by atoms with Gasteiger partial charge in [-0.15, -0.1) is 0 Å². The summed E-state index contributed by atoms with van der Waals surface area (Å²) in [6.45, 7) is 0.136. The molecule has 3 rings (SSSR count). The molecule has 2 N–H and O–H groups in total. The van der Waals surface area contributed by atoms with Gasteiger partial charge in [0.15, 0.2) is 5.69 Å². The maximum atomic E-state index is 12.9. The number of benzene rings is 1. The van der Waals surface area contributed by atoms with Crippen LogP contribution in [0.2, 0.25) is 0 Å². The van der Waals surface area contributed by atoms with E-state index < -0.39 is 23.9 Å². The number of aromatic nitrogens is 2. The van der Waals surface area contributed by atoms with Gasteiger partial charge in [0.05, 0.1) is 5.69 Å². The van der Waals surface area contributed by atoms with Crippen LogP contribution in [0.4, 0.5) is 14.5 Å². The fourth-order valence-electron chi connectivity index (χ4n) is 2.32. The van der Waals surface area contributed by atoms with Crippen molar-refractivity contribution in [2.75, 3.05) is 5.32 Å². The minimum absolute atomic E-state index is 0.136. The van der Waals surface area contributed by atoms with Crippen molar-refractivity contribution in [2.45, 2.75) is 25.8 Å². The van der Waals surface area contributed by atoms with Crippen LogP contribution < -0.4 is 10.6 Å². The van der Waals surface area contributed by atoms with Crippen LogP contribution in [0, 0.1) is 17.8 Å². The Morgan fingerprint density at radius 2 is 1.96 bits per heavy atom. The fourth-order valence-corrected chi connectivity index (χ4v) is 2.32. The van der Waals surface area contributed by atoms with E-state index in [9.17, 15) is 18.4 Å². The van der Waals surface area contributed by atoms with Gasteiger partial charge in [0.1, 0.15) is 0 Å². The summed E-state index contributed by atoms with van der Waals surface area (Å²) < 4.78 is 26.9. The molecule has 1 saturated carbocycles. The molecule has 0 radical (unpaired) electrons. The van der Waals surface area contributed by atoms with Gasteiger partial charge in [-0.2, -0.15) is 5.10 Å². The number of nitrogens with zero attached hydrogens (tertiary/aromatic N) is 2. The normalized spacial score (nSPS) is 13.0. The van der Waals surface area contributed by atoms with Crippen molar-refractivity contribution in [3.05, 3.63) is 47.3 Å². The lowest BCUT2D eigenvalue weighted by Crippen LogP contribution is -2.35. The topological polar surface area (TPSA) is 76.0 Å². The molecule has 1 aliphatic carbocycles. The Balaban J connectivity index is 1.53. The highest BCUT2D eigenvalue weighted by molar-refractivity contribution is 6.39. The van der Waals surface area contributed by atoms with E-state index in [0.717, 1.165) is 28.7 Å².